The van der Waals surface area contributed by atoms with Crippen molar-refractivity contribution in [3.63, 3.8) is 0 Å². The third kappa shape index (κ3) is 6.85. The number of anilines is 2. The molecule has 4 nitrogen and oxygen atoms in total. The van der Waals surface area contributed by atoms with Crippen LogP contribution in [0.25, 0.3) is 6.08 Å². The number of carbonyl (C=O) groups excluding carboxylic acids is 2. The Bertz CT molecular complexity index is 1610. The number of benzene rings is 5. The van der Waals surface area contributed by atoms with E-state index in [0.717, 1.165) is 27.2 Å². The zero-order valence-electron chi connectivity index (χ0n) is 24.4. The van der Waals surface area contributed by atoms with E-state index in [0.29, 0.717) is 16.6 Å². The van der Waals surface area contributed by atoms with Gasteiger partial charge in [-0.05, 0) is 72.3 Å². The molecule has 0 saturated carbocycles. The predicted octanol–water partition coefficient (Wildman–Crippen LogP) is 3.93. The minimum atomic E-state index is -2.71. The van der Waals surface area contributed by atoms with Gasteiger partial charge in [-0.1, -0.05) is 78.9 Å². The van der Waals surface area contributed by atoms with E-state index >= 15 is 0 Å². The van der Waals surface area contributed by atoms with Gasteiger partial charge in [0.2, 0.25) is 11.7 Å². The number of nitrogens with zero attached hydrogens (tertiary/aromatic N) is 1. The lowest BCUT2D eigenvalue weighted by Gasteiger charge is -2.29. The van der Waals surface area contributed by atoms with Crippen LogP contribution in [0, 0.1) is 0 Å². The van der Waals surface area contributed by atoms with Gasteiger partial charge in [-0.2, -0.15) is 0 Å². The highest BCUT2D eigenvalue weighted by Crippen LogP contribution is 2.63. The molecule has 5 rings (SSSR count). The zero-order chi connectivity index (χ0) is 29.5. The van der Waals surface area contributed by atoms with Crippen LogP contribution < -0.4 is 43.1 Å². The molecule has 5 aromatic carbocycles. The Balaban J connectivity index is 0.00000423. The quantitative estimate of drug-likeness (QED) is 0.150. The number of halogens is 1. The molecule has 0 saturated heterocycles. The fourth-order valence-corrected chi connectivity index (χ4v) is 9.61. The Morgan fingerprint density at radius 2 is 1.14 bits per heavy atom. The summed E-state index contributed by atoms with van der Waals surface area (Å²) in [4.78, 5) is 28.9. The molecular formula is C37H34BrN2O2P. The first-order valence-electron chi connectivity index (χ1n) is 13.9. The van der Waals surface area contributed by atoms with Crippen LogP contribution in [-0.2, 0) is 4.79 Å². The van der Waals surface area contributed by atoms with E-state index < -0.39 is 7.26 Å². The van der Waals surface area contributed by atoms with Crippen LogP contribution in [0.15, 0.2) is 145 Å². The van der Waals surface area contributed by atoms with E-state index in [1.165, 1.54) is 6.92 Å². The number of rotatable bonds is 9. The molecule has 43 heavy (non-hydrogen) atoms. The molecule has 0 radical (unpaired) electrons. The van der Waals surface area contributed by atoms with E-state index in [2.05, 4.69) is 77.0 Å². The SMILES string of the molecule is CC(=O)Nc1cccc(C(=O)C(=Cc2ccc(N(C)C)cc2)[P+](c2ccccc2)(c2ccccc2)c2ccccc2)c1.[Br-]. The van der Waals surface area contributed by atoms with E-state index in [9.17, 15) is 9.59 Å². The third-order valence-electron chi connectivity index (χ3n) is 7.18. The molecule has 0 atom stereocenters. The average Bonchev–Trinajstić information content (AvgIpc) is 3.02. The number of amides is 1. The van der Waals surface area contributed by atoms with Crippen molar-refractivity contribution in [2.75, 3.05) is 24.3 Å². The molecule has 6 heteroatoms. The first-order valence-corrected chi connectivity index (χ1v) is 15.7. The van der Waals surface area contributed by atoms with Crippen molar-refractivity contribution in [2.45, 2.75) is 6.92 Å². The van der Waals surface area contributed by atoms with Gasteiger partial charge in [-0.25, -0.2) is 0 Å². The van der Waals surface area contributed by atoms with Gasteiger partial charge in [-0.3, -0.25) is 9.59 Å². The molecule has 5 aromatic rings. The highest BCUT2D eigenvalue weighted by Gasteiger charge is 2.52. The summed E-state index contributed by atoms with van der Waals surface area (Å²) in [5, 5.41) is 6.81. The molecule has 0 aromatic heterocycles. The van der Waals surface area contributed by atoms with Gasteiger partial charge < -0.3 is 27.2 Å². The molecule has 0 fully saturated rings. The zero-order valence-corrected chi connectivity index (χ0v) is 26.9. The van der Waals surface area contributed by atoms with Crippen LogP contribution in [-0.4, -0.2) is 25.8 Å². The van der Waals surface area contributed by atoms with Crippen molar-refractivity contribution in [1.29, 1.82) is 0 Å². The highest BCUT2D eigenvalue weighted by molar-refractivity contribution is 8.00. The standard InChI is InChI=1S/C37H33N2O2P.BrH/c1-28(40)38-31-15-13-14-30(27-31)37(41)36(26-29-22-24-32(25-23-29)39(2)3)42(33-16-7-4-8-17-33,34-18-9-5-10-19-34)35-20-11-6-12-21-35;/h4-27H,1-3H3;1H. The van der Waals surface area contributed by atoms with Gasteiger partial charge in [0.1, 0.15) is 23.2 Å². The Hall–Kier alpha value is -4.31. The van der Waals surface area contributed by atoms with Crippen LogP contribution in [0.5, 0.6) is 0 Å². The number of Topliss-reactive ketones (excluding diaryl/α,β-unsaturated/α-hetero) is 1. The largest absolute Gasteiger partial charge is 1.00 e. The van der Waals surface area contributed by atoms with Crippen molar-refractivity contribution < 1.29 is 26.6 Å². The predicted molar refractivity (Wildman–Crippen MR) is 179 cm³/mol. The van der Waals surface area contributed by atoms with Crippen LogP contribution in [0.2, 0.25) is 0 Å². The Labute approximate surface area is 265 Å². The maximum atomic E-state index is 15.0. The lowest BCUT2D eigenvalue weighted by molar-refractivity contribution is -0.114. The second kappa shape index (κ2) is 14.2. The minimum absolute atomic E-state index is 0. The molecule has 0 spiro atoms. The highest BCUT2D eigenvalue weighted by atomic mass is 79.9. The summed E-state index contributed by atoms with van der Waals surface area (Å²) in [6.07, 6.45) is 2.06. The first-order chi connectivity index (χ1) is 20.4. The van der Waals surface area contributed by atoms with Gasteiger partial charge in [0.05, 0.1) is 0 Å². The number of nitrogens with one attached hydrogen (secondary N) is 1. The number of hydrogen-bond donors (Lipinski definition) is 1. The molecule has 0 heterocycles. The smallest absolute Gasteiger partial charge is 0.229 e. The van der Waals surface area contributed by atoms with Crippen LogP contribution in [0.1, 0.15) is 22.8 Å². The fourth-order valence-electron chi connectivity index (χ4n) is 5.25. The summed E-state index contributed by atoms with van der Waals surface area (Å²) in [5.41, 5.74) is 3.13. The lowest BCUT2D eigenvalue weighted by Crippen LogP contribution is -3.00. The van der Waals surface area contributed by atoms with Gasteiger partial charge in [0.15, 0.2) is 5.31 Å². The van der Waals surface area contributed by atoms with E-state index in [-0.39, 0.29) is 28.7 Å². The van der Waals surface area contributed by atoms with Crippen LogP contribution in [0.4, 0.5) is 11.4 Å². The molecule has 0 aliphatic rings. The number of carbonyl (C=O) groups is 2. The molecule has 0 aliphatic carbocycles. The Kier molecular flexibility index (Phi) is 10.5. The van der Waals surface area contributed by atoms with E-state index in [1.807, 2.05) is 80.8 Å². The molecule has 216 valence electrons. The summed E-state index contributed by atoms with van der Waals surface area (Å²) in [5.74, 6) is -0.264. The topological polar surface area (TPSA) is 49.4 Å². The molecule has 1 amide bonds. The summed E-state index contributed by atoms with van der Waals surface area (Å²) in [7, 11) is 1.31. The Morgan fingerprint density at radius 1 is 0.651 bits per heavy atom. The number of hydrogen-bond acceptors (Lipinski definition) is 3. The van der Waals surface area contributed by atoms with E-state index in [1.54, 1.807) is 12.1 Å². The molecule has 1 N–H and O–H groups in total. The average molecular weight is 650 g/mol. The normalized spacial score (nSPS) is 11.3. The van der Waals surface area contributed by atoms with Gasteiger partial charge in [0.25, 0.3) is 0 Å². The van der Waals surface area contributed by atoms with Crippen molar-refractivity contribution in [2.24, 2.45) is 0 Å². The van der Waals surface area contributed by atoms with Crippen molar-refractivity contribution in [3.05, 3.63) is 156 Å². The summed E-state index contributed by atoms with van der Waals surface area (Å²) in [6.45, 7) is 1.47. The minimum Gasteiger partial charge on any atom is -1.00 e. The fraction of sp³-hybridized carbons (Fsp3) is 0.0811. The van der Waals surface area contributed by atoms with Gasteiger partial charge in [-0.15, -0.1) is 0 Å². The second-order valence-corrected chi connectivity index (χ2v) is 13.7. The summed E-state index contributed by atoms with van der Waals surface area (Å²) < 4.78 is 0. The maximum absolute atomic E-state index is 15.0. The van der Waals surface area contributed by atoms with Gasteiger partial charge >= 0.3 is 0 Å². The van der Waals surface area contributed by atoms with Crippen LogP contribution in [0.3, 0.4) is 0 Å². The summed E-state index contributed by atoms with van der Waals surface area (Å²) in [6, 6.07) is 46.6. The Morgan fingerprint density at radius 3 is 1.58 bits per heavy atom. The first kappa shape index (κ1) is 31.6. The third-order valence-corrected chi connectivity index (χ3v) is 11.5. The monoisotopic (exact) mass is 648 g/mol. The molecular weight excluding hydrogens is 615 g/mol. The number of ketones is 1. The maximum Gasteiger partial charge on any atom is 0.229 e. The lowest BCUT2D eigenvalue weighted by atomic mass is 10.1. The van der Waals surface area contributed by atoms with Gasteiger partial charge in [0, 0.05) is 38.0 Å². The molecule has 0 unspecified atom stereocenters. The van der Waals surface area contributed by atoms with Crippen molar-refractivity contribution >= 4 is 52.3 Å². The van der Waals surface area contributed by atoms with Crippen molar-refractivity contribution in [1.82, 2.24) is 0 Å². The molecule has 0 bridgehead atoms. The molecule has 0 aliphatic heterocycles. The van der Waals surface area contributed by atoms with Crippen LogP contribution >= 0.6 is 7.26 Å². The second-order valence-electron chi connectivity index (χ2n) is 10.3. The van der Waals surface area contributed by atoms with Crippen molar-refractivity contribution in [3.8, 4) is 0 Å². The summed E-state index contributed by atoms with van der Waals surface area (Å²) >= 11 is 0. The van der Waals surface area contributed by atoms with E-state index in [4.69, 9.17) is 0 Å². The number of allylic oxidation sites excluding steroid dienone is 1.